The molecule has 130 valence electrons. The van der Waals surface area contributed by atoms with Crippen molar-refractivity contribution in [3.63, 3.8) is 0 Å². The van der Waals surface area contributed by atoms with Crippen molar-refractivity contribution in [2.24, 2.45) is 10.9 Å². The third kappa shape index (κ3) is 7.55. The van der Waals surface area contributed by atoms with E-state index in [0.717, 1.165) is 69.6 Å². The molecule has 1 aliphatic heterocycles. The summed E-state index contributed by atoms with van der Waals surface area (Å²) in [6, 6.07) is 3.92. The quantitative estimate of drug-likeness (QED) is 0.417. The molecule has 0 aromatic carbocycles. The lowest BCUT2D eigenvalue weighted by Crippen LogP contribution is -2.39. The molecule has 2 rings (SSSR count). The van der Waals surface area contributed by atoms with E-state index in [4.69, 9.17) is 9.15 Å². The summed E-state index contributed by atoms with van der Waals surface area (Å²) in [4.78, 5) is 4.68. The van der Waals surface area contributed by atoms with Gasteiger partial charge >= 0.3 is 0 Å². The minimum atomic E-state index is 0.286. The molecule has 0 bridgehead atoms. The van der Waals surface area contributed by atoms with E-state index in [2.05, 4.69) is 29.5 Å². The first-order valence-corrected chi connectivity index (χ1v) is 8.90. The van der Waals surface area contributed by atoms with Gasteiger partial charge in [-0.3, -0.25) is 4.99 Å². The molecule has 5 nitrogen and oxygen atoms in total. The zero-order valence-electron chi connectivity index (χ0n) is 14.5. The molecule has 2 N–H and O–H groups in total. The second kappa shape index (κ2) is 10.3. The summed E-state index contributed by atoms with van der Waals surface area (Å²) in [5.74, 6) is 2.63. The van der Waals surface area contributed by atoms with Gasteiger partial charge in [0.1, 0.15) is 5.76 Å². The Bertz CT molecular complexity index is 437. The first-order chi connectivity index (χ1) is 11.2. The predicted molar refractivity (Wildman–Crippen MR) is 93.8 cm³/mol. The topological polar surface area (TPSA) is 58.8 Å². The van der Waals surface area contributed by atoms with E-state index in [-0.39, 0.29) is 6.10 Å². The van der Waals surface area contributed by atoms with Crippen LogP contribution in [0.15, 0.2) is 27.8 Å². The molecule has 1 atom stereocenters. The molecule has 1 unspecified atom stereocenters. The van der Waals surface area contributed by atoms with Gasteiger partial charge in [-0.1, -0.05) is 13.8 Å². The third-order valence-electron chi connectivity index (χ3n) is 3.97. The average molecular weight is 321 g/mol. The lowest BCUT2D eigenvalue weighted by atomic mass is 10.1. The molecule has 0 radical (unpaired) electrons. The Morgan fingerprint density at radius 3 is 2.91 bits per heavy atom. The summed E-state index contributed by atoms with van der Waals surface area (Å²) in [5, 5.41) is 6.83. The maximum absolute atomic E-state index is 5.65. The Morgan fingerprint density at radius 2 is 2.22 bits per heavy atom. The van der Waals surface area contributed by atoms with Gasteiger partial charge in [-0.05, 0) is 43.7 Å². The van der Waals surface area contributed by atoms with Crippen molar-refractivity contribution in [2.45, 2.75) is 52.1 Å². The van der Waals surface area contributed by atoms with Crippen LogP contribution in [-0.4, -0.2) is 38.3 Å². The van der Waals surface area contributed by atoms with Gasteiger partial charge in [0, 0.05) is 26.1 Å². The molecule has 1 aromatic heterocycles. The number of guanidine groups is 1. The van der Waals surface area contributed by atoms with E-state index in [9.17, 15) is 0 Å². The van der Waals surface area contributed by atoms with E-state index in [1.807, 2.05) is 12.1 Å². The molecule has 2 heterocycles. The number of hydrogen-bond acceptors (Lipinski definition) is 3. The molecular weight excluding hydrogens is 290 g/mol. The van der Waals surface area contributed by atoms with Crippen molar-refractivity contribution >= 4 is 5.96 Å². The number of hydrogen-bond donors (Lipinski definition) is 2. The van der Waals surface area contributed by atoms with Crippen molar-refractivity contribution in [3.8, 4) is 0 Å². The number of nitrogens with zero attached hydrogens (tertiary/aromatic N) is 1. The van der Waals surface area contributed by atoms with E-state index in [0.29, 0.717) is 0 Å². The highest BCUT2D eigenvalue weighted by Crippen LogP contribution is 2.11. The highest BCUT2D eigenvalue weighted by Gasteiger charge is 2.14. The van der Waals surface area contributed by atoms with Crippen molar-refractivity contribution < 1.29 is 9.15 Å². The Kier molecular flexibility index (Phi) is 8.01. The lowest BCUT2D eigenvalue weighted by Gasteiger charge is -2.14. The minimum absolute atomic E-state index is 0.286. The maximum atomic E-state index is 5.65. The fraction of sp³-hybridized carbons (Fsp3) is 0.722. The summed E-state index contributed by atoms with van der Waals surface area (Å²) in [5.41, 5.74) is 0. The van der Waals surface area contributed by atoms with Crippen LogP contribution in [0.2, 0.25) is 0 Å². The SMILES string of the molecule is CC(C)CCCNC(=NCC1CCCO1)NCCc1ccco1. The lowest BCUT2D eigenvalue weighted by molar-refractivity contribution is 0.117. The fourth-order valence-corrected chi connectivity index (χ4v) is 2.63. The zero-order chi connectivity index (χ0) is 16.3. The van der Waals surface area contributed by atoms with Gasteiger partial charge in [-0.15, -0.1) is 0 Å². The van der Waals surface area contributed by atoms with Gasteiger partial charge in [0.2, 0.25) is 0 Å². The molecule has 1 saturated heterocycles. The molecule has 1 aliphatic rings. The van der Waals surface area contributed by atoms with Crippen molar-refractivity contribution in [2.75, 3.05) is 26.2 Å². The number of rotatable bonds is 9. The smallest absolute Gasteiger partial charge is 0.191 e. The minimum Gasteiger partial charge on any atom is -0.469 e. The van der Waals surface area contributed by atoms with Gasteiger partial charge in [0.05, 0.1) is 18.9 Å². The predicted octanol–water partition coefficient (Wildman–Crippen LogP) is 2.97. The Morgan fingerprint density at radius 1 is 1.35 bits per heavy atom. The van der Waals surface area contributed by atoms with Crippen LogP contribution < -0.4 is 10.6 Å². The maximum Gasteiger partial charge on any atom is 0.191 e. The molecule has 23 heavy (non-hydrogen) atoms. The van der Waals surface area contributed by atoms with Crippen LogP contribution in [0.3, 0.4) is 0 Å². The number of furan rings is 1. The molecule has 0 spiro atoms. The Hall–Kier alpha value is -1.49. The normalized spacial score (nSPS) is 18.6. The summed E-state index contributed by atoms with van der Waals surface area (Å²) >= 11 is 0. The van der Waals surface area contributed by atoms with E-state index >= 15 is 0 Å². The van der Waals surface area contributed by atoms with Gasteiger partial charge in [0.15, 0.2) is 5.96 Å². The van der Waals surface area contributed by atoms with Gasteiger partial charge in [-0.2, -0.15) is 0 Å². The zero-order valence-corrected chi connectivity index (χ0v) is 14.5. The van der Waals surface area contributed by atoms with E-state index in [1.165, 1.54) is 6.42 Å². The van der Waals surface area contributed by atoms with Crippen LogP contribution in [0.5, 0.6) is 0 Å². The Labute approximate surface area is 139 Å². The highest BCUT2D eigenvalue weighted by atomic mass is 16.5. The number of ether oxygens (including phenoxy) is 1. The van der Waals surface area contributed by atoms with Crippen molar-refractivity contribution in [1.82, 2.24) is 10.6 Å². The Balaban J connectivity index is 1.73. The van der Waals surface area contributed by atoms with Gasteiger partial charge in [0.25, 0.3) is 0 Å². The monoisotopic (exact) mass is 321 g/mol. The van der Waals surface area contributed by atoms with Gasteiger partial charge < -0.3 is 19.8 Å². The van der Waals surface area contributed by atoms with Crippen LogP contribution in [0.1, 0.15) is 45.3 Å². The average Bonchev–Trinajstić information content (AvgIpc) is 3.21. The van der Waals surface area contributed by atoms with Crippen molar-refractivity contribution in [1.29, 1.82) is 0 Å². The highest BCUT2D eigenvalue weighted by molar-refractivity contribution is 5.79. The molecular formula is C18H31N3O2. The first-order valence-electron chi connectivity index (χ1n) is 8.90. The van der Waals surface area contributed by atoms with Crippen LogP contribution in [0.4, 0.5) is 0 Å². The second-order valence-electron chi connectivity index (χ2n) is 6.54. The van der Waals surface area contributed by atoms with Crippen molar-refractivity contribution in [3.05, 3.63) is 24.2 Å². The summed E-state index contributed by atoms with van der Waals surface area (Å²) in [6.07, 6.45) is 7.54. The molecule has 0 saturated carbocycles. The molecule has 0 aliphatic carbocycles. The largest absolute Gasteiger partial charge is 0.469 e. The van der Waals surface area contributed by atoms with Crippen LogP contribution in [0, 0.1) is 5.92 Å². The molecule has 5 heteroatoms. The van der Waals surface area contributed by atoms with Crippen LogP contribution >= 0.6 is 0 Å². The van der Waals surface area contributed by atoms with E-state index in [1.54, 1.807) is 6.26 Å². The van der Waals surface area contributed by atoms with Crippen LogP contribution in [0.25, 0.3) is 0 Å². The summed E-state index contributed by atoms with van der Waals surface area (Å²) in [6.45, 7) is 7.90. The molecule has 1 aromatic rings. The second-order valence-corrected chi connectivity index (χ2v) is 6.54. The fourth-order valence-electron chi connectivity index (χ4n) is 2.63. The van der Waals surface area contributed by atoms with Crippen LogP contribution in [-0.2, 0) is 11.2 Å². The molecule has 0 amide bonds. The number of aliphatic imine (C=N–C) groups is 1. The summed E-state index contributed by atoms with van der Waals surface area (Å²) < 4.78 is 11.0. The third-order valence-corrected chi connectivity index (χ3v) is 3.97. The standard InChI is InChI=1S/C18H31N3O2/c1-15(2)6-3-10-19-18(21-14-17-8-5-13-23-17)20-11-9-16-7-4-12-22-16/h4,7,12,15,17H,3,5-6,8-11,13-14H2,1-2H3,(H2,19,20,21). The first kappa shape index (κ1) is 17.9. The van der Waals surface area contributed by atoms with E-state index < -0.39 is 0 Å². The number of nitrogens with one attached hydrogen (secondary N) is 2. The molecule has 1 fully saturated rings. The summed E-state index contributed by atoms with van der Waals surface area (Å²) in [7, 11) is 0. The van der Waals surface area contributed by atoms with Gasteiger partial charge in [-0.25, -0.2) is 0 Å².